The zero-order valence-corrected chi connectivity index (χ0v) is 30.8. The number of nitrogens with zero attached hydrogens (tertiary/aromatic N) is 2. The predicted molar refractivity (Wildman–Crippen MR) is 237 cm³/mol. The fraction of sp³-hybridized carbons (Fsp3) is 0. The Kier molecular flexibility index (Phi) is 8.55. The first-order chi connectivity index (χ1) is 27.8. The van der Waals surface area contributed by atoms with Crippen LogP contribution >= 0.6 is 0 Å². The Morgan fingerprint density at radius 1 is 0.268 bits per heavy atom. The Balaban J connectivity index is 1.19. The molecule has 264 valence electrons. The van der Waals surface area contributed by atoms with Gasteiger partial charge in [-0.05, 0) is 99.1 Å². The molecule has 0 aliphatic rings. The van der Waals surface area contributed by atoms with Gasteiger partial charge < -0.3 is 9.47 Å². The van der Waals surface area contributed by atoms with Gasteiger partial charge in [-0.15, -0.1) is 0 Å². The minimum Gasteiger partial charge on any atom is -0.310 e. The van der Waals surface area contributed by atoms with Gasteiger partial charge in [-0.2, -0.15) is 0 Å². The van der Waals surface area contributed by atoms with Crippen LogP contribution in [0.25, 0.3) is 72.0 Å². The molecule has 1 aromatic heterocycles. The van der Waals surface area contributed by atoms with Crippen LogP contribution in [-0.2, 0) is 0 Å². The smallest absolute Gasteiger partial charge is 0.0561 e. The molecule has 0 aliphatic heterocycles. The first-order valence-electron chi connectivity index (χ1n) is 19.2. The van der Waals surface area contributed by atoms with Gasteiger partial charge in [0.05, 0.1) is 11.0 Å². The summed E-state index contributed by atoms with van der Waals surface area (Å²) in [6.45, 7) is 0. The van der Waals surface area contributed by atoms with E-state index in [0.29, 0.717) is 0 Å². The summed E-state index contributed by atoms with van der Waals surface area (Å²) < 4.78 is 2.39. The molecule has 0 radical (unpaired) electrons. The van der Waals surface area contributed by atoms with Gasteiger partial charge in [0.15, 0.2) is 0 Å². The summed E-state index contributed by atoms with van der Waals surface area (Å²) in [5.41, 5.74) is 16.3. The van der Waals surface area contributed by atoms with E-state index in [0.717, 1.165) is 39.4 Å². The Morgan fingerprint density at radius 3 is 1.23 bits per heavy atom. The summed E-state index contributed by atoms with van der Waals surface area (Å²) in [7, 11) is 0. The number of para-hydroxylation sites is 2. The maximum Gasteiger partial charge on any atom is 0.0561 e. The number of hydrogen-bond donors (Lipinski definition) is 0. The average Bonchev–Trinajstić information content (AvgIpc) is 3.61. The number of hydrogen-bond acceptors (Lipinski definition) is 1. The summed E-state index contributed by atoms with van der Waals surface area (Å²) in [6.07, 6.45) is 0. The predicted octanol–water partition coefficient (Wildman–Crippen LogP) is 14.9. The molecule has 0 spiro atoms. The molecular formula is C54H38N2. The SMILES string of the molecule is c1ccc(-c2ccccc2-c2cccc(N(c3cccc(-c4ccccc4-c4ccccc4)c3)c3ccc4c5ccccc5n(-c5ccccc5)c4c3)c2)cc1. The van der Waals surface area contributed by atoms with Crippen LogP contribution in [0, 0.1) is 0 Å². The summed E-state index contributed by atoms with van der Waals surface area (Å²) in [4.78, 5) is 2.41. The Morgan fingerprint density at radius 2 is 0.679 bits per heavy atom. The molecule has 10 aromatic rings. The van der Waals surface area contributed by atoms with Crippen LogP contribution in [0.4, 0.5) is 17.1 Å². The lowest BCUT2D eigenvalue weighted by molar-refractivity contribution is 1.18. The van der Waals surface area contributed by atoms with E-state index in [1.807, 2.05) is 0 Å². The zero-order chi connectivity index (χ0) is 37.3. The lowest BCUT2D eigenvalue weighted by Crippen LogP contribution is -2.10. The molecule has 10 rings (SSSR count). The van der Waals surface area contributed by atoms with E-state index in [9.17, 15) is 0 Å². The molecule has 0 atom stereocenters. The third-order valence-electron chi connectivity index (χ3n) is 10.8. The second kappa shape index (κ2) is 14.4. The molecule has 56 heavy (non-hydrogen) atoms. The third-order valence-corrected chi connectivity index (χ3v) is 10.8. The van der Waals surface area contributed by atoms with Crippen molar-refractivity contribution in [1.82, 2.24) is 4.57 Å². The van der Waals surface area contributed by atoms with E-state index in [1.54, 1.807) is 0 Å². The van der Waals surface area contributed by atoms with E-state index in [4.69, 9.17) is 0 Å². The lowest BCUT2D eigenvalue weighted by atomic mass is 9.93. The van der Waals surface area contributed by atoms with Crippen molar-refractivity contribution in [2.45, 2.75) is 0 Å². The molecule has 2 heteroatoms. The van der Waals surface area contributed by atoms with Gasteiger partial charge in [-0.1, -0.05) is 176 Å². The summed E-state index contributed by atoms with van der Waals surface area (Å²) >= 11 is 0. The van der Waals surface area contributed by atoms with Gasteiger partial charge in [0.25, 0.3) is 0 Å². The maximum atomic E-state index is 2.41. The first kappa shape index (κ1) is 33.2. The first-order valence-corrected chi connectivity index (χ1v) is 19.2. The van der Waals surface area contributed by atoms with Crippen molar-refractivity contribution in [2.24, 2.45) is 0 Å². The van der Waals surface area contributed by atoms with Crippen LogP contribution in [0.2, 0.25) is 0 Å². The number of rotatable bonds is 8. The molecule has 0 N–H and O–H groups in total. The number of anilines is 3. The standard InChI is InChI=1S/C54H38N2/c1-4-18-39(19-5-1)47-28-10-12-30-49(47)41-22-16-26-44(36-41)55(45-27-17-23-42(37-45)50-31-13-11-29-48(50)40-20-6-2-7-21-40)46-34-35-52-51-32-14-15-33-53(51)56(54(52)38-46)43-24-8-3-9-25-43/h1-38H. The third kappa shape index (κ3) is 6.04. The van der Waals surface area contributed by atoms with Gasteiger partial charge in [0, 0.05) is 33.5 Å². The molecule has 0 saturated heterocycles. The van der Waals surface area contributed by atoms with E-state index in [2.05, 4.69) is 240 Å². The van der Waals surface area contributed by atoms with Crippen LogP contribution in [0.5, 0.6) is 0 Å². The normalized spacial score (nSPS) is 11.2. The molecule has 2 nitrogen and oxygen atoms in total. The van der Waals surface area contributed by atoms with Crippen LogP contribution < -0.4 is 4.90 Å². The average molecular weight is 715 g/mol. The minimum atomic E-state index is 1.08. The summed E-state index contributed by atoms with van der Waals surface area (Å²) in [5.74, 6) is 0. The fourth-order valence-corrected chi connectivity index (χ4v) is 8.23. The highest BCUT2D eigenvalue weighted by Gasteiger charge is 2.19. The highest BCUT2D eigenvalue weighted by molar-refractivity contribution is 6.10. The molecule has 0 amide bonds. The highest BCUT2D eigenvalue weighted by atomic mass is 15.1. The lowest BCUT2D eigenvalue weighted by Gasteiger charge is -2.27. The number of benzene rings is 9. The Bertz CT molecular complexity index is 2840. The second-order valence-corrected chi connectivity index (χ2v) is 14.1. The van der Waals surface area contributed by atoms with E-state index in [-0.39, 0.29) is 0 Å². The highest BCUT2D eigenvalue weighted by Crippen LogP contribution is 2.43. The summed E-state index contributed by atoms with van der Waals surface area (Å²) in [5, 5.41) is 2.47. The van der Waals surface area contributed by atoms with E-state index in [1.165, 1.54) is 49.7 Å². The zero-order valence-electron chi connectivity index (χ0n) is 30.8. The minimum absolute atomic E-state index is 1.08. The van der Waals surface area contributed by atoms with Crippen molar-refractivity contribution < 1.29 is 0 Å². The van der Waals surface area contributed by atoms with Gasteiger partial charge >= 0.3 is 0 Å². The largest absolute Gasteiger partial charge is 0.310 e. The molecule has 0 unspecified atom stereocenters. The van der Waals surface area contributed by atoms with Crippen molar-refractivity contribution in [3.8, 4) is 50.2 Å². The fourth-order valence-electron chi connectivity index (χ4n) is 8.23. The molecule has 0 bridgehead atoms. The number of aromatic nitrogens is 1. The van der Waals surface area contributed by atoms with Crippen LogP contribution in [0.15, 0.2) is 231 Å². The van der Waals surface area contributed by atoms with Crippen molar-refractivity contribution in [3.05, 3.63) is 231 Å². The molecule has 0 aliphatic carbocycles. The van der Waals surface area contributed by atoms with Gasteiger partial charge in [-0.3, -0.25) is 0 Å². The van der Waals surface area contributed by atoms with E-state index >= 15 is 0 Å². The molecule has 9 aromatic carbocycles. The van der Waals surface area contributed by atoms with Crippen molar-refractivity contribution >= 4 is 38.9 Å². The van der Waals surface area contributed by atoms with Crippen molar-refractivity contribution in [3.63, 3.8) is 0 Å². The summed E-state index contributed by atoms with van der Waals surface area (Å²) in [6, 6.07) is 83.1. The van der Waals surface area contributed by atoms with Gasteiger partial charge in [-0.25, -0.2) is 0 Å². The molecule has 1 heterocycles. The van der Waals surface area contributed by atoms with Crippen LogP contribution in [0.1, 0.15) is 0 Å². The molecule has 0 fully saturated rings. The molecule has 0 saturated carbocycles. The Hall–Kier alpha value is -7.42. The van der Waals surface area contributed by atoms with Crippen molar-refractivity contribution in [2.75, 3.05) is 4.90 Å². The maximum absolute atomic E-state index is 2.41. The van der Waals surface area contributed by atoms with Crippen molar-refractivity contribution in [1.29, 1.82) is 0 Å². The van der Waals surface area contributed by atoms with Crippen LogP contribution in [0.3, 0.4) is 0 Å². The van der Waals surface area contributed by atoms with Crippen LogP contribution in [-0.4, -0.2) is 4.57 Å². The quantitative estimate of drug-likeness (QED) is 0.152. The second-order valence-electron chi connectivity index (χ2n) is 14.1. The number of fused-ring (bicyclic) bond motifs is 3. The van der Waals surface area contributed by atoms with Gasteiger partial charge in [0.2, 0.25) is 0 Å². The molecular weight excluding hydrogens is 677 g/mol. The van der Waals surface area contributed by atoms with E-state index < -0.39 is 0 Å². The monoisotopic (exact) mass is 714 g/mol. The van der Waals surface area contributed by atoms with Gasteiger partial charge in [0.1, 0.15) is 0 Å². The Labute approximate surface area is 327 Å². The topological polar surface area (TPSA) is 8.17 Å².